The lowest BCUT2D eigenvalue weighted by molar-refractivity contribution is 0.522. The molecule has 0 radical (unpaired) electrons. The Labute approximate surface area is 176 Å². The maximum atomic E-state index is 12.3. The SMILES string of the molecule is CCC[C@@H](C)Cc1ccc(CCn2cc(Cc3cncnc3)c(=O)[nH]c2=S)cc1. The molecular weight excluding hydrogens is 380 g/mol. The van der Waals surface area contributed by atoms with Gasteiger partial charge in [-0.3, -0.25) is 9.78 Å². The first-order chi connectivity index (χ1) is 14.0. The van der Waals surface area contributed by atoms with Crippen LogP contribution in [-0.4, -0.2) is 19.5 Å². The fourth-order valence-corrected chi connectivity index (χ4v) is 3.81. The highest BCUT2D eigenvalue weighted by molar-refractivity contribution is 7.71. The molecule has 0 aliphatic rings. The van der Waals surface area contributed by atoms with Gasteiger partial charge in [-0.2, -0.15) is 0 Å². The van der Waals surface area contributed by atoms with Crippen molar-refractivity contribution >= 4 is 12.2 Å². The largest absolute Gasteiger partial charge is 0.325 e. The average Bonchev–Trinajstić information content (AvgIpc) is 2.71. The van der Waals surface area contributed by atoms with Crippen molar-refractivity contribution in [3.63, 3.8) is 0 Å². The molecular formula is C23H28N4OS. The van der Waals surface area contributed by atoms with E-state index < -0.39 is 0 Å². The van der Waals surface area contributed by atoms with Gasteiger partial charge in [0, 0.05) is 37.1 Å². The number of aromatic amines is 1. The van der Waals surface area contributed by atoms with Crippen LogP contribution in [0.25, 0.3) is 0 Å². The fourth-order valence-electron chi connectivity index (χ4n) is 3.58. The van der Waals surface area contributed by atoms with Crippen LogP contribution in [0.5, 0.6) is 0 Å². The Kier molecular flexibility index (Phi) is 7.47. The summed E-state index contributed by atoms with van der Waals surface area (Å²) in [5.41, 5.74) is 4.06. The van der Waals surface area contributed by atoms with Crippen LogP contribution < -0.4 is 5.56 Å². The van der Waals surface area contributed by atoms with Crippen LogP contribution >= 0.6 is 12.2 Å². The zero-order valence-corrected chi connectivity index (χ0v) is 17.9. The van der Waals surface area contributed by atoms with Crippen LogP contribution in [0.15, 0.2) is 54.0 Å². The third kappa shape index (κ3) is 6.19. The number of aryl methyl sites for hydroxylation is 2. The Balaban J connectivity index is 1.66. The van der Waals surface area contributed by atoms with Crippen LogP contribution in [0.1, 0.15) is 48.9 Å². The van der Waals surface area contributed by atoms with Gasteiger partial charge in [0.15, 0.2) is 4.77 Å². The highest BCUT2D eigenvalue weighted by Crippen LogP contribution is 2.15. The van der Waals surface area contributed by atoms with Gasteiger partial charge in [0.05, 0.1) is 0 Å². The zero-order valence-electron chi connectivity index (χ0n) is 17.1. The van der Waals surface area contributed by atoms with E-state index in [0.29, 0.717) is 16.8 Å². The van der Waals surface area contributed by atoms with Crippen LogP contribution in [0.3, 0.4) is 0 Å². The van der Waals surface area contributed by atoms with Crippen molar-refractivity contribution in [1.82, 2.24) is 19.5 Å². The maximum Gasteiger partial charge on any atom is 0.255 e. The van der Waals surface area contributed by atoms with E-state index in [1.165, 1.54) is 30.3 Å². The van der Waals surface area contributed by atoms with Crippen molar-refractivity contribution in [1.29, 1.82) is 0 Å². The Morgan fingerprint density at radius 2 is 1.79 bits per heavy atom. The Hall–Kier alpha value is -2.60. The Morgan fingerprint density at radius 1 is 1.10 bits per heavy atom. The average molecular weight is 409 g/mol. The number of hydrogen-bond donors (Lipinski definition) is 1. The second kappa shape index (κ2) is 10.3. The first kappa shape index (κ1) is 21.1. The zero-order chi connectivity index (χ0) is 20.6. The van der Waals surface area contributed by atoms with Crippen molar-refractivity contribution < 1.29 is 0 Å². The standard InChI is InChI=1S/C23H28N4OS/c1-3-4-17(2)11-19-7-5-18(6-8-19)9-10-27-15-21(22(28)26-23(27)29)12-20-13-24-16-25-14-20/h5-8,13-17H,3-4,9-12H2,1-2H3,(H,26,28,29)/t17-/m1/s1. The van der Waals surface area contributed by atoms with Gasteiger partial charge >= 0.3 is 0 Å². The van der Waals surface area contributed by atoms with Gasteiger partial charge in [0.25, 0.3) is 5.56 Å². The number of nitrogens with one attached hydrogen (secondary N) is 1. The topological polar surface area (TPSA) is 63.6 Å². The number of rotatable bonds is 9. The summed E-state index contributed by atoms with van der Waals surface area (Å²) in [5.74, 6) is 0.721. The van der Waals surface area contributed by atoms with Crippen molar-refractivity contribution in [3.8, 4) is 0 Å². The van der Waals surface area contributed by atoms with Gasteiger partial charge < -0.3 is 4.57 Å². The van der Waals surface area contributed by atoms with Crippen molar-refractivity contribution in [2.75, 3.05) is 0 Å². The Bertz CT molecular complexity index is 1030. The van der Waals surface area contributed by atoms with Gasteiger partial charge in [-0.15, -0.1) is 0 Å². The first-order valence-electron chi connectivity index (χ1n) is 10.2. The molecule has 5 nitrogen and oxygen atoms in total. The number of nitrogens with zero attached hydrogens (tertiary/aromatic N) is 3. The predicted molar refractivity (Wildman–Crippen MR) is 119 cm³/mol. The molecule has 3 rings (SSSR count). The predicted octanol–water partition coefficient (Wildman–Crippen LogP) is 4.51. The van der Waals surface area contributed by atoms with E-state index >= 15 is 0 Å². The fraction of sp³-hybridized carbons (Fsp3) is 0.391. The molecule has 0 aliphatic heterocycles. The van der Waals surface area contributed by atoms with E-state index in [-0.39, 0.29) is 5.56 Å². The summed E-state index contributed by atoms with van der Waals surface area (Å²) in [6.07, 6.45) is 11.8. The number of H-pyrrole nitrogens is 1. The van der Waals surface area contributed by atoms with E-state index in [9.17, 15) is 4.79 Å². The molecule has 152 valence electrons. The molecule has 0 amide bonds. The van der Waals surface area contributed by atoms with Gasteiger partial charge in [-0.05, 0) is 47.7 Å². The lowest BCUT2D eigenvalue weighted by atomic mass is 9.96. The van der Waals surface area contributed by atoms with Crippen LogP contribution in [0, 0.1) is 10.7 Å². The quantitative estimate of drug-likeness (QED) is 0.529. The minimum Gasteiger partial charge on any atom is -0.325 e. The molecule has 0 unspecified atom stereocenters. The maximum absolute atomic E-state index is 12.3. The van der Waals surface area contributed by atoms with Gasteiger partial charge in [0.1, 0.15) is 6.33 Å². The second-order valence-electron chi connectivity index (χ2n) is 7.69. The monoisotopic (exact) mass is 408 g/mol. The lowest BCUT2D eigenvalue weighted by Gasteiger charge is -2.12. The molecule has 0 fully saturated rings. The van der Waals surface area contributed by atoms with E-state index in [0.717, 1.165) is 30.9 Å². The number of hydrogen-bond acceptors (Lipinski definition) is 4. The molecule has 2 heterocycles. The van der Waals surface area contributed by atoms with E-state index in [4.69, 9.17) is 12.2 Å². The van der Waals surface area contributed by atoms with E-state index in [2.05, 4.69) is 53.1 Å². The minimum absolute atomic E-state index is 0.152. The summed E-state index contributed by atoms with van der Waals surface area (Å²) in [4.78, 5) is 23.1. The molecule has 0 bridgehead atoms. The first-order valence-corrected chi connectivity index (χ1v) is 10.6. The van der Waals surface area contributed by atoms with E-state index in [1.54, 1.807) is 12.4 Å². The minimum atomic E-state index is -0.152. The molecule has 2 aromatic heterocycles. The van der Waals surface area contributed by atoms with Crippen LogP contribution in [0.2, 0.25) is 0 Å². The summed E-state index contributed by atoms with van der Waals surface area (Å²) in [6.45, 7) is 5.27. The van der Waals surface area contributed by atoms with Crippen LogP contribution in [0.4, 0.5) is 0 Å². The summed E-state index contributed by atoms with van der Waals surface area (Å²) < 4.78 is 2.39. The number of benzene rings is 1. The van der Waals surface area contributed by atoms with Crippen molar-refractivity contribution in [3.05, 3.63) is 86.6 Å². The van der Waals surface area contributed by atoms with Gasteiger partial charge in [0.2, 0.25) is 0 Å². The molecule has 0 aliphatic carbocycles. The summed E-state index contributed by atoms with van der Waals surface area (Å²) in [7, 11) is 0. The summed E-state index contributed by atoms with van der Waals surface area (Å²) >= 11 is 5.35. The third-order valence-corrected chi connectivity index (χ3v) is 5.46. The van der Waals surface area contributed by atoms with Gasteiger partial charge in [-0.1, -0.05) is 51.0 Å². The molecule has 0 spiro atoms. The number of aromatic nitrogens is 4. The molecule has 0 saturated heterocycles. The summed E-state index contributed by atoms with van der Waals surface area (Å²) in [6, 6.07) is 8.86. The smallest absolute Gasteiger partial charge is 0.255 e. The molecule has 29 heavy (non-hydrogen) atoms. The van der Waals surface area contributed by atoms with Crippen molar-refractivity contribution in [2.45, 2.75) is 52.5 Å². The molecule has 0 saturated carbocycles. The Morgan fingerprint density at radius 3 is 2.48 bits per heavy atom. The second-order valence-corrected chi connectivity index (χ2v) is 8.08. The lowest BCUT2D eigenvalue weighted by Crippen LogP contribution is -2.19. The molecule has 1 atom stereocenters. The van der Waals surface area contributed by atoms with Crippen molar-refractivity contribution in [2.24, 2.45) is 5.92 Å². The van der Waals surface area contributed by atoms with E-state index in [1.807, 2.05) is 10.8 Å². The third-order valence-electron chi connectivity index (χ3n) is 5.12. The molecule has 3 aromatic rings. The normalized spacial score (nSPS) is 12.1. The molecule has 1 aromatic carbocycles. The summed E-state index contributed by atoms with van der Waals surface area (Å²) in [5, 5.41) is 0. The molecule has 1 N–H and O–H groups in total. The van der Waals surface area contributed by atoms with Gasteiger partial charge in [-0.25, -0.2) is 9.97 Å². The molecule has 6 heteroatoms. The highest BCUT2D eigenvalue weighted by atomic mass is 32.1. The van der Waals surface area contributed by atoms with Crippen LogP contribution in [-0.2, 0) is 25.8 Å². The highest BCUT2D eigenvalue weighted by Gasteiger charge is 2.06.